The Bertz CT molecular complexity index is 885. The summed E-state index contributed by atoms with van der Waals surface area (Å²) in [5, 5.41) is 3.54. The molecule has 0 fully saturated rings. The number of carbonyl (C=O) groups is 2. The third-order valence-electron chi connectivity index (χ3n) is 3.57. The highest BCUT2D eigenvalue weighted by Crippen LogP contribution is 2.24. The van der Waals surface area contributed by atoms with Crippen LogP contribution in [0.4, 0.5) is 0 Å². The third kappa shape index (κ3) is 4.86. The lowest BCUT2D eigenvalue weighted by atomic mass is 10.1. The van der Waals surface area contributed by atoms with Gasteiger partial charge in [0.15, 0.2) is 0 Å². The fraction of sp³-hybridized carbons (Fsp3) is 0.294. The molecule has 0 spiro atoms. The van der Waals surface area contributed by atoms with Crippen LogP contribution in [0.25, 0.3) is 0 Å². The van der Waals surface area contributed by atoms with Crippen molar-refractivity contribution in [1.82, 2.24) is 15.3 Å². The molecule has 0 saturated heterocycles. The zero-order chi connectivity index (χ0) is 19.3. The topological polar surface area (TPSA) is 101 Å². The maximum absolute atomic E-state index is 12.2. The Balaban J connectivity index is 2.09. The van der Waals surface area contributed by atoms with Gasteiger partial charge in [0, 0.05) is 10.7 Å². The average molecular weight is 396 g/mol. The van der Waals surface area contributed by atoms with Gasteiger partial charge in [-0.3, -0.25) is 4.79 Å². The zero-order valence-electron chi connectivity index (χ0n) is 14.5. The van der Waals surface area contributed by atoms with Crippen molar-refractivity contribution in [1.29, 1.82) is 0 Å². The molecule has 0 radical (unpaired) electrons. The van der Waals surface area contributed by atoms with Crippen molar-refractivity contribution in [2.75, 3.05) is 12.9 Å². The molecule has 9 heteroatoms. The van der Waals surface area contributed by atoms with E-state index in [1.165, 1.54) is 7.11 Å². The number of aryl methyl sites for hydroxylation is 1. The number of esters is 1. The number of nitrogens with zero attached hydrogens (tertiary/aromatic N) is 1. The standard InChI is InChI=1S/C17H18ClN3O4S/c1-9(11-6-4-5-7-12(11)18)19-13(22)8-26-15-14(16(23)25-3)10(2)20-17(24)21-15/h4-7,9H,8H2,1-3H3,(H,19,22)(H,20,21,24)/t9-/m0/s1. The van der Waals surface area contributed by atoms with Crippen molar-refractivity contribution < 1.29 is 14.3 Å². The van der Waals surface area contributed by atoms with Gasteiger partial charge in [0.05, 0.1) is 18.9 Å². The van der Waals surface area contributed by atoms with Crippen LogP contribution in [0.5, 0.6) is 0 Å². The first-order chi connectivity index (χ1) is 12.3. The highest BCUT2D eigenvalue weighted by atomic mass is 35.5. The molecule has 0 aliphatic carbocycles. The molecule has 2 N–H and O–H groups in total. The minimum absolute atomic E-state index is 0.0192. The molecule has 0 aliphatic heterocycles. The fourth-order valence-corrected chi connectivity index (χ4v) is 3.51. The van der Waals surface area contributed by atoms with Crippen LogP contribution < -0.4 is 11.0 Å². The lowest BCUT2D eigenvalue weighted by Crippen LogP contribution is -2.28. The van der Waals surface area contributed by atoms with E-state index in [1.54, 1.807) is 13.0 Å². The molecule has 0 unspecified atom stereocenters. The maximum Gasteiger partial charge on any atom is 0.346 e. The number of nitrogens with one attached hydrogen (secondary N) is 2. The van der Waals surface area contributed by atoms with Gasteiger partial charge in [0.2, 0.25) is 5.91 Å². The zero-order valence-corrected chi connectivity index (χ0v) is 16.0. The Labute approximate surface area is 159 Å². The number of aromatic amines is 1. The van der Waals surface area contributed by atoms with E-state index >= 15 is 0 Å². The Morgan fingerprint density at radius 3 is 2.73 bits per heavy atom. The van der Waals surface area contributed by atoms with Gasteiger partial charge < -0.3 is 15.0 Å². The quantitative estimate of drug-likeness (QED) is 0.442. The van der Waals surface area contributed by atoms with E-state index < -0.39 is 11.7 Å². The molecule has 1 heterocycles. The molecule has 2 rings (SSSR count). The van der Waals surface area contributed by atoms with Gasteiger partial charge in [0.1, 0.15) is 10.6 Å². The SMILES string of the molecule is COC(=O)c1c(SCC(=O)N[C@@H](C)c2ccccc2Cl)nc(=O)[nH]c1C. The number of benzene rings is 1. The number of hydrogen-bond donors (Lipinski definition) is 2. The summed E-state index contributed by atoms with van der Waals surface area (Å²) in [6.07, 6.45) is 0. The summed E-state index contributed by atoms with van der Waals surface area (Å²) < 4.78 is 4.71. The number of thioether (sulfide) groups is 1. The van der Waals surface area contributed by atoms with Crippen LogP contribution in [0.2, 0.25) is 5.02 Å². The molecule has 7 nitrogen and oxygen atoms in total. The number of H-pyrrole nitrogens is 1. The highest BCUT2D eigenvalue weighted by Gasteiger charge is 2.20. The monoisotopic (exact) mass is 395 g/mol. The van der Waals surface area contributed by atoms with Gasteiger partial charge in [0.25, 0.3) is 0 Å². The van der Waals surface area contributed by atoms with Gasteiger partial charge in [-0.25, -0.2) is 9.59 Å². The van der Waals surface area contributed by atoms with Crippen LogP contribution in [-0.2, 0) is 9.53 Å². The van der Waals surface area contributed by atoms with E-state index in [2.05, 4.69) is 15.3 Å². The highest BCUT2D eigenvalue weighted by molar-refractivity contribution is 8.00. The number of aromatic nitrogens is 2. The molecule has 26 heavy (non-hydrogen) atoms. The fourth-order valence-electron chi connectivity index (χ4n) is 2.33. The lowest BCUT2D eigenvalue weighted by molar-refractivity contribution is -0.119. The summed E-state index contributed by atoms with van der Waals surface area (Å²) in [6, 6.07) is 6.94. The van der Waals surface area contributed by atoms with Crippen molar-refractivity contribution in [3.63, 3.8) is 0 Å². The summed E-state index contributed by atoms with van der Waals surface area (Å²) in [4.78, 5) is 41.9. The first-order valence-corrected chi connectivity index (χ1v) is 9.05. The molecule has 1 aromatic heterocycles. The first kappa shape index (κ1) is 20.0. The number of amides is 1. The molecule has 1 atom stereocenters. The van der Waals surface area contributed by atoms with Gasteiger partial charge in [-0.1, -0.05) is 41.6 Å². The number of methoxy groups -OCH3 is 1. The number of hydrogen-bond acceptors (Lipinski definition) is 6. The minimum atomic E-state index is -0.626. The van der Waals surface area contributed by atoms with Crippen LogP contribution in [-0.4, -0.2) is 34.7 Å². The number of rotatable bonds is 6. The summed E-state index contributed by atoms with van der Waals surface area (Å²) in [5.41, 5.74) is 0.684. The van der Waals surface area contributed by atoms with E-state index in [0.717, 1.165) is 17.3 Å². The van der Waals surface area contributed by atoms with Crippen LogP contribution in [0.3, 0.4) is 0 Å². The molecular weight excluding hydrogens is 378 g/mol. The van der Waals surface area contributed by atoms with E-state index in [9.17, 15) is 14.4 Å². The van der Waals surface area contributed by atoms with Crippen molar-refractivity contribution in [3.8, 4) is 0 Å². The van der Waals surface area contributed by atoms with E-state index in [4.69, 9.17) is 16.3 Å². The molecule has 0 bridgehead atoms. The Morgan fingerprint density at radius 1 is 1.38 bits per heavy atom. The summed E-state index contributed by atoms with van der Waals surface area (Å²) in [6.45, 7) is 3.39. The van der Waals surface area contributed by atoms with Crippen molar-refractivity contribution in [3.05, 3.63) is 56.6 Å². The van der Waals surface area contributed by atoms with Crippen molar-refractivity contribution in [2.24, 2.45) is 0 Å². The first-order valence-electron chi connectivity index (χ1n) is 7.69. The smallest absolute Gasteiger partial charge is 0.346 e. The molecule has 138 valence electrons. The van der Waals surface area contributed by atoms with Crippen LogP contribution in [0, 0.1) is 6.92 Å². The largest absolute Gasteiger partial charge is 0.465 e. The second kappa shape index (κ2) is 8.86. The van der Waals surface area contributed by atoms with Gasteiger partial charge in [-0.2, -0.15) is 4.98 Å². The molecule has 1 amide bonds. The van der Waals surface area contributed by atoms with Crippen LogP contribution in [0.15, 0.2) is 34.1 Å². The van der Waals surface area contributed by atoms with Crippen LogP contribution >= 0.6 is 23.4 Å². The van der Waals surface area contributed by atoms with Crippen molar-refractivity contribution >= 4 is 35.2 Å². The molecular formula is C17H18ClN3O4S. The predicted octanol–water partition coefficient (Wildman–Crippen LogP) is 2.49. The van der Waals surface area contributed by atoms with E-state index in [0.29, 0.717) is 10.7 Å². The second-order valence-corrected chi connectivity index (χ2v) is 6.81. The van der Waals surface area contributed by atoms with E-state index in [-0.39, 0.29) is 28.3 Å². The van der Waals surface area contributed by atoms with Gasteiger partial charge in [-0.05, 0) is 25.5 Å². The molecule has 0 saturated carbocycles. The summed E-state index contributed by atoms with van der Waals surface area (Å²) >= 11 is 7.12. The summed E-state index contributed by atoms with van der Waals surface area (Å²) in [5.74, 6) is -0.925. The predicted molar refractivity (Wildman–Crippen MR) is 99.7 cm³/mol. The Hall–Kier alpha value is -2.32. The Morgan fingerprint density at radius 2 is 2.08 bits per heavy atom. The van der Waals surface area contributed by atoms with Crippen LogP contribution in [0.1, 0.15) is 34.6 Å². The molecule has 0 aliphatic rings. The number of ether oxygens (including phenoxy) is 1. The summed E-state index contributed by atoms with van der Waals surface area (Å²) in [7, 11) is 1.24. The van der Waals surface area contributed by atoms with Gasteiger partial charge >= 0.3 is 11.7 Å². The van der Waals surface area contributed by atoms with Gasteiger partial charge in [-0.15, -0.1) is 0 Å². The normalized spacial score (nSPS) is 11.7. The average Bonchev–Trinajstić information content (AvgIpc) is 2.59. The number of carbonyl (C=O) groups excluding carboxylic acids is 2. The van der Waals surface area contributed by atoms with E-state index in [1.807, 2.05) is 25.1 Å². The second-order valence-electron chi connectivity index (χ2n) is 5.44. The number of halogens is 1. The molecule has 1 aromatic carbocycles. The Kier molecular flexibility index (Phi) is 6.82. The minimum Gasteiger partial charge on any atom is -0.465 e. The molecule has 2 aromatic rings. The van der Waals surface area contributed by atoms with Crippen molar-refractivity contribution in [2.45, 2.75) is 24.9 Å². The maximum atomic E-state index is 12.2. The lowest BCUT2D eigenvalue weighted by Gasteiger charge is -2.15. The third-order valence-corrected chi connectivity index (χ3v) is 4.88.